The number of carbonyl (C=O) groups excluding carboxylic acids is 2. The summed E-state index contributed by atoms with van der Waals surface area (Å²) < 4.78 is 12.9. The highest BCUT2D eigenvalue weighted by atomic mass is 32.1. The van der Waals surface area contributed by atoms with Gasteiger partial charge in [0.2, 0.25) is 11.8 Å². The van der Waals surface area contributed by atoms with E-state index in [1.807, 2.05) is 0 Å². The summed E-state index contributed by atoms with van der Waals surface area (Å²) in [5.41, 5.74) is 6.62. The zero-order chi connectivity index (χ0) is 15.7. The molecule has 0 radical (unpaired) electrons. The minimum atomic E-state index is -0.457. The molecule has 0 bridgehead atoms. The Bertz CT molecular complexity index is 714. The molecule has 1 heterocycles. The third-order valence-electron chi connectivity index (χ3n) is 3.56. The van der Waals surface area contributed by atoms with Crippen molar-refractivity contribution in [2.45, 2.75) is 18.8 Å². The van der Waals surface area contributed by atoms with Crippen LogP contribution in [0.2, 0.25) is 0 Å². The summed E-state index contributed by atoms with van der Waals surface area (Å²) in [5.74, 6) is -0.828. The van der Waals surface area contributed by atoms with E-state index in [0.717, 1.165) is 12.0 Å². The number of aromatic nitrogens is 1. The Kier molecular flexibility index (Phi) is 3.89. The number of hydrogen-bond acceptors (Lipinski definition) is 4. The van der Waals surface area contributed by atoms with Crippen LogP contribution in [0.1, 0.15) is 23.6 Å². The predicted octanol–water partition coefficient (Wildman–Crippen LogP) is 2.05. The second-order valence-electron chi connectivity index (χ2n) is 5.28. The van der Waals surface area contributed by atoms with Crippen molar-refractivity contribution in [3.63, 3.8) is 0 Å². The van der Waals surface area contributed by atoms with Gasteiger partial charge in [0, 0.05) is 11.3 Å². The van der Waals surface area contributed by atoms with Crippen molar-refractivity contribution in [3.05, 3.63) is 46.7 Å². The maximum atomic E-state index is 12.9. The van der Waals surface area contributed by atoms with Gasteiger partial charge in [-0.3, -0.25) is 9.59 Å². The van der Waals surface area contributed by atoms with E-state index in [4.69, 9.17) is 5.73 Å². The van der Waals surface area contributed by atoms with E-state index >= 15 is 0 Å². The SMILES string of the molecule is NC(=O)Cc1csc(NC(=O)[C@@H]2C[C@@H]2c2ccc(F)cc2)n1. The second-order valence-corrected chi connectivity index (χ2v) is 6.13. The maximum absolute atomic E-state index is 12.9. The molecule has 0 unspecified atom stereocenters. The van der Waals surface area contributed by atoms with Gasteiger partial charge in [-0.15, -0.1) is 11.3 Å². The van der Waals surface area contributed by atoms with E-state index in [0.29, 0.717) is 10.8 Å². The van der Waals surface area contributed by atoms with Crippen molar-refractivity contribution in [2.75, 3.05) is 5.32 Å². The number of benzene rings is 1. The highest BCUT2D eigenvalue weighted by Gasteiger charge is 2.44. The van der Waals surface area contributed by atoms with Crippen molar-refractivity contribution in [2.24, 2.45) is 11.7 Å². The largest absolute Gasteiger partial charge is 0.369 e. The first-order valence-corrected chi connectivity index (χ1v) is 7.70. The van der Waals surface area contributed by atoms with Crippen LogP contribution in [0.3, 0.4) is 0 Å². The molecule has 1 fully saturated rings. The predicted molar refractivity (Wildman–Crippen MR) is 80.9 cm³/mol. The molecule has 3 rings (SSSR count). The number of rotatable bonds is 5. The highest BCUT2D eigenvalue weighted by Crippen LogP contribution is 2.48. The fraction of sp³-hybridized carbons (Fsp3) is 0.267. The first kappa shape index (κ1) is 14.6. The number of anilines is 1. The average Bonchev–Trinajstić information content (AvgIpc) is 3.15. The number of nitrogens with zero attached hydrogens (tertiary/aromatic N) is 1. The van der Waals surface area contributed by atoms with Gasteiger partial charge in [-0.05, 0) is 30.0 Å². The monoisotopic (exact) mass is 319 g/mol. The quantitative estimate of drug-likeness (QED) is 0.884. The van der Waals surface area contributed by atoms with Crippen molar-refractivity contribution < 1.29 is 14.0 Å². The fourth-order valence-electron chi connectivity index (χ4n) is 2.39. The molecule has 0 aliphatic heterocycles. The molecule has 0 spiro atoms. The van der Waals surface area contributed by atoms with E-state index in [2.05, 4.69) is 10.3 Å². The van der Waals surface area contributed by atoms with Gasteiger partial charge in [0.1, 0.15) is 5.82 Å². The Labute approximate surface area is 130 Å². The van der Waals surface area contributed by atoms with Crippen LogP contribution < -0.4 is 11.1 Å². The highest BCUT2D eigenvalue weighted by molar-refractivity contribution is 7.13. The molecule has 2 amide bonds. The molecule has 2 aromatic rings. The van der Waals surface area contributed by atoms with Crippen LogP contribution in [-0.4, -0.2) is 16.8 Å². The molecule has 22 heavy (non-hydrogen) atoms. The third kappa shape index (κ3) is 3.30. The number of carbonyl (C=O) groups is 2. The number of nitrogens with two attached hydrogens (primary N) is 1. The molecule has 3 N–H and O–H groups in total. The number of primary amides is 1. The summed E-state index contributed by atoms with van der Waals surface area (Å²) in [6.07, 6.45) is 0.811. The zero-order valence-electron chi connectivity index (χ0n) is 11.6. The number of halogens is 1. The molecule has 5 nitrogen and oxygen atoms in total. The van der Waals surface area contributed by atoms with Crippen LogP contribution in [0.15, 0.2) is 29.6 Å². The lowest BCUT2D eigenvalue weighted by Gasteiger charge is -2.01. The van der Waals surface area contributed by atoms with Gasteiger partial charge in [0.05, 0.1) is 12.1 Å². The first-order chi connectivity index (χ1) is 10.5. The van der Waals surface area contributed by atoms with Crippen molar-refractivity contribution >= 4 is 28.3 Å². The summed E-state index contributed by atoms with van der Waals surface area (Å²) >= 11 is 1.26. The molecule has 1 aliphatic carbocycles. The Morgan fingerprint density at radius 1 is 1.36 bits per heavy atom. The van der Waals surface area contributed by atoms with Crippen LogP contribution in [-0.2, 0) is 16.0 Å². The lowest BCUT2D eigenvalue weighted by Crippen LogP contribution is -2.15. The van der Waals surface area contributed by atoms with Gasteiger partial charge < -0.3 is 11.1 Å². The van der Waals surface area contributed by atoms with Crippen molar-refractivity contribution in [1.29, 1.82) is 0 Å². The topological polar surface area (TPSA) is 85.1 Å². The lowest BCUT2D eigenvalue weighted by molar-refractivity contribution is -0.118. The Balaban J connectivity index is 1.58. The lowest BCUT2D eigenvalue weighted by atomic mass is 10.1. The first-order valence-electron chi connectivity index (χ1n) is 6.82. The van der Waals surface area contributed by atoms with E-state index < -0.39 is 5.91 Å². The normalized spacial score (nSPS) is 19.7. The van der Waals surface area contributed by atoms with Gasteiger partial charge in [-0.2, -0.15) is 0 Å². The molecule has 114 valence electrons. The molecular formula is C15H14FN3O2S. The fourth-order valence-corrected chi connectivity index (χ4v) is 3.10. The molecule has 1 aliphatic rings. The van der Waals surface area contributed by atoms with Gasteiger partial charge in [0.15, 0.2) is 5.13 Å². The van der Waals surface area contributed by atoms with Crippen molar-refractivity contribution in [3.8, 4) is 0 Å². The van der Waals surface area contributed by atoms with E-state index in [1.54, 1.807) is 17.5 Å². The number of thiazole rings is 1. The minimum absolute atomic E-state index is 0.0635. The third-order valence-corrected chi connectivity index (χ3v) is 4.37. The van der Waals surface area contributed by atoms with Crippen LogP contribution >= 0.6 is 11.3 Å². The Morgan fingerprint density at radius 3 is 2.77 bits per heavy atom. The van der Waals surface area contributed by atoms with E-state index in [-0.39, 0.29) is 30.0 Å². The Morgan fingerprint density at radius 2 is 2.09 bits per heavy atom. The minimum Gasteiger partial charge on any atom is -0.369 e. The molecule has 1 saturated carbocycles. The number of amides is 2. The Hall–Kier alpha value is -2.28. The van der Waals surface area contributed by atoms with Crippen molar-refractivity contribution in [1.82, 2.24) is 4.98 Å². The van der Waals surface area contributed by atoms with Gasteiger partial charge in [-0.25, -0.2) is 9.37 Å². The maximum Gasteiger partial charge on any atom is 0.229 e. The molecule has 2 atom stereocenters. The van der Waals surface area contributed by atoms with Crippen LogP contribution in [0.25, 0.3) is 0 Å². The summed E-state index contributed by atoms with van der Waals surface area (Å²) in [6, 6.07) is 6.22. The number of hydrogen-bond donors (Lipinski definition) is 2. The number of nitrogens with one attached hydrogen (secondary N) is 1. The smallest absolute Gasteiger partial charge is 0.229 e. The second kappa shape index (κ2) is 5.84. The zero-order valence-corrected chi connectivity index (χ0v) is 12.4. The van der Waals surface area contributed by atoms with Gasteiger partial charge in [0.25, 0.3) is 0 Å². The molecule has 0 saturated heterocycles. The molecule has 7 heteroatoms. The van der Waals surface area contributed by atoms with E-state index in [9.17, 15) is 14.0 Å². The van der Waals surface area contributed by atoms with Gasteiger partial charge in [-0.1, -0.05) is 12.1 Å². The van der Waals surface area contributed by atoms with Gasteiger partial charge >= 0.3 is 0 Å². The summed E-state index contributed by atoms with van der Waals surface area (Å²) in [4.78, 5) is 27.1. The summed E-state index contributed by atoms with van der Waals surface area (Å²) in [7, 11) is 0. The van der Waals surface area contributed by atoms with Crippen LogP contribution in [0.4, 0.5) is 9.52 Å². The average molecular weight is 319 g/mol. The standard InChI is InChI=1S/C15H14FN3O2S/c16-9-3-1-8(2-4-9)11-6-12(11)14(21)19-15-18-10(7-22-15)5-13(17)20/h1-4,7,11-12H,5-6H2,(H2,17,20)(H,18,19,21)/t11-,12-/m1/s1. The van der Waals surface area contributed by atoms with Crippen LogP contribution in [0, 0.1) is 11.7 Å². The summed E-state index contributed by atoms with van der Waals surface area (Å²) in [6.45, 7) is 0. The van der Waals surface area contributed by atoms with E-state index in [1.165, 1.54) is 23.5 Å². The molecule has 1 aromatic carbocycles. The summed E-state index contributed by atoms with van der Waals surface area (Å²) in [5, 5.41) is 4.91. The molecule has 1 aromatic heterocycles. The molecular weight excluding hydrogens is 305 g/mol. The van der Waals surface area contributed by atoms with Crippen LogP contribution in [0.5, 0.6) is 0 Å².